The van der Waals surface area contributed by atoms with Gasteiger partial charge in [-0.3, -0.25) is 9.78 Å². The van der Waals surface area contributed by atoms with Crippen molar-refractivity contribution in [3.05, 3.63) is 54.4 Å². The third-order valence-corrected chi connectivity index (χ3v) is 3.22. The quantitative estimate of drug-likeness (QED) is 0.752. The molecule has 0 spiro atoms. The first kappa shape index (κ1) is 13.9. The lowest BCUT2D eigenvalue weighted by Crippen LogP contribution is -2.11. The lowest BCUT2D eigenvalue weighted by atomic mass is 10.1. The van der Waals surface area contributed by atoms with Crippen molar-refractivity contribution in [2.75, 3.05) is 5.32 Å². The van der Waals surface area contributed by atoms with Crippen LogP contribution in [-0.4, -0.2) is 20.9 Å². The first-order valence-electron chi connectivity index (χ1n) is 6.93. The summed E-state index contributed by atoms with van der Waals surface area (Å²) < 4.78 is 0. The summed E-state index contributed by atoms with van der Waals surface area (Å²) in [6.07, 6.45) is 4.27. The van der Waals surface area contributed by atoms with Crippen LogP contribution >= 0.6 is 0 Å². The summed E-state index contributed by atoms with van der Waals surface area (Å²) in [5.74, 6) is 0.418. The van der Waals surface area contributed by atoms with Crippen LogP contribution in [0.1, 0.15) is 12.0 Å². The number of nitrogens with zero attached hydrogens (tertiary/aromatic N) is 3. The Morgan fingerprint density at radius 3 is 2.59 bits per heavy atom. The average Bonchev–Trinajstić information content (AvgIpc) is 2.54. The molecular weight excluding hydrogens is 278 g/mol. The molecule has 0 saturated carbocycles. The zero-order valence-electron chi connectivity index (χ0n) is 11.9. The van der Waals surface area contributed by atoms with Gasteiger partial charge in [-0.05, 0) is 36.2 Å². The van der Waals surface area contributed by atoms with E-state index in [1.165, 1.54) is 0 Å². The topological polar surface area (TPSA) is 93.8 Å². The monoisotopic (exact) mass is 293 g/mol. The number of aromatic nitrogens is 3. The van der Waals surface area contributed by atoms with Gasteiger partial charge >= 0.3 is 0 Å². The molecule has 0 unspecified atom stereocenters. The summed E-state index contributed by atoms with van der Waals surface area (Å²) in [5.41, 5.74) is 8.50. The molecule has 22 heavy (non-hydrogen) atoms. The van der Waals surface area contributed by atoms with Crippen LogP contribution in [0.5, 0.6) is 0 Å². The second-order valence-electron chi connectivity index (χ2n) is 4.88. The summed E-state index contributed by atoms with van der Waals surface area (Å²) in [4.78, 5) is 23.6. The van der Waals surface area contributed by atoms with Crippen LogP contribution in [0.2, 0.25) is 0 Å². The van der Waals surface area contributed by atoms with Crippen molar-refractivity contribution >= 4 is 28.6 Å². The van der Waals surface area contributed by atoms with Gasteiger partial charge < -0.3 is 11.1 Å². The maximum Gasteiger partial charge on any atom is 0.217 e. The highest BCUT2D eigenvalue weighted by atomic mass is 16.1. The minimum atomic E-state index is -0.288. The summed E-state index contributed by atoms with van der Waals surface area (Å²) in [7, 11) is 0. The molecule has 1 aromatic carbocycles. The van der Waals surface area contributed by atoms with Gasteiger partial charge in [0.05, 0.1) is 0 Å². The fourth-order valence-electron chi connectivity index (χ4n) is 2.09. The number of pyridine rings is 1. The number of carbonyl (C=O) groups is 1. The van der Waals surface area contributed by atoms with E-state index >= 15 is 0 Å². The molecule has 6 nitrogen and oxygen atoms in total. The predicted octanol–water partition coefficient (Wildman–Crippen LogP) is 2.19. The lowest BCUT2D eigenvalue weighted by molar-refractivity contribution is -0.117. The molecule has 0 fully saturated rings. The average molecular weight is 293 g/mol. The Labute approximate surface area is 127 Å². The highest BCUT2D eigenvalue weighted by Crippen LogP contribution is 2.17. The van der Waals surface area contributed by atoms with Crippen molar-refractivity contribution in [3.8, 4) is 0 Å². The number of nitrogens with two attached hydrogens (primary N) is 1. The molecule has 0 aliphatic carbocycles. The number of hydrogen-bond donors (Lipinski definition) is 2. The Balaban J connectivity index is 1.72. The fraction of sp³-hybridized carbons (Fsp3) is 0.125. The Morgan fingerprint density at radius 1 is 1.05 bits per heavy atom. The number of rotatable bonds is 5. The normalized spacial score (nSPS) is 10.5. The number of amides is 1. The maximum atomic E-state index is 10.8. The number of aryl methyl sites for hydroxylation is 1. The van der Waals surface area contributed by atoms with Crippen molar-refractivity contribution < 1.29 is 4.79 Å². The molecule has 0 aliphatic heterocycles. The van der Waals surface area contributed by atoms with Crippen LogP contribution in [0.3, 0.4) is 0 Å². The number of primary amides is 1. The van der Waals surface area contributed by atoms with Crippen LogP contribution in [-0.2, 0) is 11.2 Å². The molecule has 3 rings (SSSR count). The molecule has 3 aromatic rings. The van der Waals surface area contributed by atoms with Crippen molar-refractivity contribution in [2.24, 2.45) is 5.73 Å². The molecule has 2 aromatic heterocycles. The molecule has 3 N–H and O–H groups in total. The fourth-order valence-corrected chi connectivity index (χ4v) is 2.09. The van der Waals surface area contributed by atoms with Crippen molar-refractivity contribution in [1.29, 1.82) is 0 Å². The largest absolute Gasteiger partial charge is 0.370 e. The van der Waals surface area contributed by atoms with Crippen LogP contribution in [0.25, 0.3) is 11.2 Å². The Kier molecular flexibility index (Phi) is 3.91. The highest BCUT2D eigenvalue weighted by molar-refractivity contribution is 5.74. The van der Waals surface area contributed by atoms with E-state index in [4.69, 9.17) is 5.73 Å². The molecular formula is C16H15N5O. The zero-order valence-corrected chi connectivity index (χ0v) is 11.9. The van der Waals surface area contributed by atoms with Crippen molar-refractivity contribution in [3.63, 3.8) is 0 Å². The van der Waals surface area contributed by atoms with Crippen molar-refractivity contribution in [2.45, 2.75) is 12.8 Å². The van der Waals surface area contributed by atoms with E-state index in [1.54, 1.807) is 12.4 Å². The first-order valence-corrected chi connectivity index (χ1v) is 6.93. The standard InChI is InChI=1S/C16H15N5O/c17-14(22)7-3-11-1-4-12(5-2-11)20-15-8-6-13-16(21-15)19-10-9-18-13/h1-2,4-6,8-10H,3,7H2,(H2,17,22)(H,19,20,21). The van der Waals surface area contributed by atoms with Crippen LogP contribution in [0.15, 0.2) is 48.8 Å². The lowest BCUT2D eigenvalue weighted by Gasteiger charge is -2.07. The van der Waals surface area contributed by atoms with Crippen LogP contribution < -0.4 is 11.1 Å². The second-order valence-corrected chi connectivity index (χ2v) is 4.88. The van der Waals surface area contributed by atoms with E-state index in [0.29, 0.717) is 24.3 Å². The number of carbonyl (C=O) groups excluding carboxylic acids is 1. The summed E-state index contributed by atoms with van der Waals surface area (Å²) in [5, 5.41) is 3.22. The number of benzene rings is 1. The number of hydrogen-bond acceptors (Lipinski definition) is 5. The zero-order chi connectivity index (χ0) is 15.4. The Hall–Kier alpha value is -3.02. The predicted molar refractivity (Wildman–Crippen MR) is 84.6 cm³/mol. The smallest absolute Gasteiger partial charge is 0.217 e. The van der Waals surface area contributed by atoms with Gasteiger partial charge in [0.15, 0.2) is 5.65 Å². The van der Waals surface area contributed by atoms with E-state index in [1.807, 2.05) is 36.4 Å². The van der Waals surface area contributed by atoms with Crippen LogP contribution in [0, 0.1) is 0 Å². The minimum absolute atomic E-state index is 0.288. The molecule has 110 valence electrons. The summed E-state index contributed by atoms with van der Waals surface area (Å²) in [6, 6.07) is 11.5. The SMILES string of the molecule is NC(=O)CCc1ccc(Nc2ccc3nccnc3n2)cc1. The first-order chi connectivity index (χ1) is 10.7. The van der Waals surface area contributed by atoms with Gasteiger partial charge in [-0.25, -0.2) is 9.97 Å². The van der Waals surface area contributed by atoms with Gasteiger partial charge in [0.25, 0.3) is 0 Å². The Morgan fingerprint density at radius 2 is 1.82 bits per heavy atom. The molecule has 0 saturated heterocycles. The third-order valence-electron chi connectivity index (χ3n) is 3.22. The van der Waals surface area contributed by atoms with E-state index in [0.717, 1.165) is 16.8 Å². The van der Waals surface area contributed by atoms with Gasteiger partial charge in [-0.1, -0.05) is 12.1 Å². The molecule has 2 heterocycles. The van der Waals surface area contributed by atoms with E-state index in [2.05, 4.69) is 20.3 Å². The molecule has 6 heteroatoms. The molecule has 0 aliphatic rings. The number of anilines is 2. The van der Waals surface area contributed by atoms with Gasteiger partial charge in [-0.2, -0.15) is 0 Å². The van der Waals surface area contributed by atoms with Crippen LogP contribution in [0.4, 0.5) is 11.5 Å². The highest BCUT2D eigenvalue weighted by Gasteiger charge is 2.02. The molecule has 0 radical (unpaired) electrons. The Bertz CT molecular complexity index is 801. The second kappa shape index (κ2) is 6.17. The minimum Gasteiger partial charge on any atom is -0.370 e. The van der Waals surface area contributed by atoms with E-state index in [9.17, 15) is 4.79 Å². The number of nitrogens with one attached hydrogen (secondary N) is 1. The summed E-state index contributed by atoms with van der Waals surface area (Å²) >= 11 is 0. The van der Waals surface area contributed by atoms with Gasteiger partial charge in [0.2, 0.25) is 5.91 Å². The molecule has 1 amide bonds. The van der Waals surface area contributed by atoms with E-state index in [-0.39, 0.29) is 5.91 Å². The molecule has 0 bridgehead atoms. The maximum absolute atomic E-state index is 10.8. The van der Waals surface area contributed by atoms with E-state index < -0.39 is 0 Å². The van der Waals surface area contributed by atoms with Crippen molar-refractivity contribution in [1.82, 2.24) is 15.0 Å². The third kappa shape index (κ3) is 3.35. The number of fused-ring (bicyclic) bond motifs is 1. The summed E-state index contributed by atoms with van der Waals surface area (Å²) in [6.45, 7) is 0. The molecule has 0 atom stereocenters. The van der Waals surface area contributed by atoms with Gasteiger partial charge in [0.1, 0.15) is 11.3 Å². The van der Waals surface area contributed by atoms with Gasteiger partial charge in [0, 0.05) is 24.5 Å². The van der Waals surface area contributed by atoms with Gasteiger partial charge in [-0.15, -0.1) is 0 Å².